The van der Waals surface area contributed by atoms with E-state index in [1.165, 1.54) is 5.56 Å². The largest absolute Gasteiger partial charge is 0.335 e. The van der Waals surface area contributed by atoms with Crippen LogP contribution in [0, 0.1) is 12.8 Å². The van der Waals surface area contributed by atoms with Gasteiger partial charge < -0.3 is 10.2 Å². The van der Waals surface area contributed by atoms with E-state index in [1.807, 2.05) is 41.3 Å². The summed E-state index contributed by atoms with van der Waals surface area (Å²) in [5.74, 6) is 0.607. The number of carbonyl (C=O) groups is 1. The Balaban J connectivity index is 1.75. The van der Waals surface area contributed by atoms with Gasteiger partial charge in [-0.15, -0.1) is 0 Å². The van der Waals surface area contributed by atoms with E-state index in [0.717, 1.165) is 30.8 Å². The van der Waals surface area contributed by atoms with E-state index >= 15 is 0 Å². The lowest BCUT2D eigenvalue weighted by molar-refractivity contribution is -0.138. The highest BCUT2D eigenvalue weighted by Gasteiger charge is 2.36. The molecule has 1 unspecified atom stereocenters. The van der Waals surface area contributed by atoms with Gasteiger partial charge in [0.05, 0.1) is 17.9 Å². The van der Waals surface area contributed by atoms with Gasteiger partial charge in [0, 0.05) is 50.6 Å². The summed E-state index contributed by atoms with van der Waals surface area (Å²) in [6, 6.07) is 4.40. The second-order valence-corrected chi connectivity index (χ2v) is 7.26. The van der Waals surface area contributed by atoms with Gasteiger partial charge in [-0.05, 0) is 50.8 Å². The molecule has 6 heteroatoms. The summed E-state index contributed by atoms with van der Waals surface area (Å²) in [6.45, 7) is 7.86. The van der Waals surface area contributed by atoms with Crippen molar-refractivity contribution < 1.29 is 4.79 Å². The second-order valence-electron chi connectivity index (χ2n) is 7.26. The van der Waals surface area contributed by atoms with E-state index in [9.17, 15) is 4.79 Å². The van der Waals surface area contributed by atoms with Crippen molar-refractivity contribution in [3.05, 3.63) is 47.5 Å². The molecule has 0 aliphatic carbocycles. The average Bonchev–Trinajstić information content (AvgIpc) is 3.06. The second kappa shape index (κ2) is 7.99. The van der Waals surface area contributed by atoms with E-state index in [0.29, 0.717) is 12.3 Å². The predicted octanol–water partition coefficient (Wildman–Crippen LogP) is 2.77. The minimum absolute atomic E-state index is 0.0834. The smallest absolute Gasteiger partial charge is 0.223 e. The van der Waals surface area contributed by atoms with Crippen LogP contribution in [0.4, 0.5) is 0 Å². The zero-order chi connectivity index (χ0) is 18.7. The summed E-state index contributed by atoms with van der Waals surface area (Å²) in [5, 5.41) is 7.96. The third kappa shape index (κ3) is 3.96. The van der Waals surface area contributed by atoms with Gasteiger partial charge in [0.25, 0.3) is 0 Å². The predicted molar refractivity (Wildman–Crippen MR) is 101 cm³/mol. The Hall–Kier alpha value is -2.21. The Kier molecular flexibility index (Phi) is 5.71. The number of piperidine rings is 1. The molecule has 6 nitrogen and oxygen atoms in total. The van der Waals surface area contributed by atoms with Crippen LogP contribution in [-0.4, -0.2) is 38.7 Å². The Morgan fingerprint density at radius 3 is 2.88 bits per heavy atom. The van der Waals surface area contributed by atoms with E-state index in [2.05, 4.69) is 42.2 Å². The van der Waals surface area contributed by atoms with E-state index in [1.54, 1.807) is 0 Å². The van der Waals surface area contributed by atoms with Gasteiger partial charge in [-0.3, -0.25) is 14.5 Å². The first-order valence-electron chi connectivity index (χ1n) is 9.43. The van der Waals surface area contributed by atoms with Crippen molar-refractivity contribution in [2.24, 2.45) is 13.0 Å². The zero-order valence-electron chi connectivity index (χ0n) is 16.1. The fourth-order valence-corrected chi connectivity index (χ4v) is 3.88. The van der Waals surface area contributed by atoms with Crippen LogP contribution in [0.3, 0.4) is 0 Å². The lowest BCUT2D eigenvalue weighted by Gasteiger charge is -2.41. The minimum Gasteiger partial charge on any atom is -0.335 e. The molecular weight excluding hydrogens is 326 g/mol. The molecule has 3 atom stereocenters. The van der Waals surface area contributed by atoms with Crippen LogP contribution >= 0.6 is 0 Å². The van der Waals surface area contributed by atoms with Gasteiger partial charge >= 0.3 is 0 Å². The van der Waals surface area contributed by atoms with Gasteiger partial charge in [0.2, 0.25) is 5.91 Å². The monoisotopic (exact) mass is 355 g/mol. The maximum absolute atomic E-state index is 12.4. The van der Waals surface area contributed by atoms with E-state index in [-0.39, 0.29) is 18.0 Å². The summed E-state index contributed by atoms with van der Waals surface area (Å²) in [7, 11) is 1.92. The van der Waals surface area contributed by atoms with Gasteiger partial charge in [-0.1, -0.05) is 0 Å². The molecule has 0 saturated carbocycles. The highest BCUT2D eigenvalue weighted by atomic mass is 16.2. The number of nitrogens with one attached hydrogen (secondary N) is 1. The standard InChI is InChI=1S/C20H29N5O/c1-5-25-19(26)7-6-16(20(25)17-12-23-24(4)13-17)11-22-15(3)18-10-14(2)8-9-21-18/h8-10,12-13,15-16,20,22H,5-7,11H2,1-4H3/t15?,16-,20+/m1/s1. The number of carbonyl (C=O) groups excluding carboxylic acids is 1. The van der Waals surface area contributed by atoms with Crippen LogP contribution in [0.25, 0.3) is 0 Å². The van der Waals surface area contributed by atoms with Gasteiger partial charge in [-0.25, -0.2) is 0 Å². The quantitative estimate of drug-likeness (QED) is 0.865. The van der Waals surface area contributed by atoms with Crippen LogP contribution in [0.1, 0.15) is 55.6 Å². The third-order valence-electron chi connectivity index (χ3n) is 5.31. The first-order chi connectivity index (χ1) is 12.5. The Labute approximate surface area is 155 Å². The van der Waals surface area contributed by atoms with Crippen molar-refractivity contribution in [2.45, 2.75) is 45.7 Å². The van der Waals surface area contributed by atoms with Crippen molar-refractivity contribution >= 4 is 5.91 Å². The number of aromatic nitrogens is 3. The fourth-order valence-electron chi connectivity index (χ4n) is 3.88. The molecular formula is C20H29N5O. The zero-order valence-corrected chi connectivity index (χ0v) is 16.1. The van der Waals surface area contributed by atoms with Crippen LogP contribution < -0.4 is 5.32 Å². The maximum atomic E-state index is 12.4. The highest BCUT2D eigenvalue weighted by molar-refractivity contribution is 5.77. The van der Waals surface area contributed by atoms with Crippen molar-refractivity contribution in [1.29, 1.82) is 0 Å². The van der Waals surface area contributed by atoms with Gasteiger partial charge in [0.1, 0.15) is 0 Å². The summed E-state index contributed by atoms with van der Waals surface area (Å²) < 4.78 is 1.81. The number of nitrogens with zero attached hydrogens (tertiary/aromatic N) is 4. The molecule has 2 aromatic rings. The number of likely N-dealkylation sites (tertiary alicyclic amines) is 1. The molecule has 1 aliphatic rings. The van der Waals surface area contributed by atoms with Crippen LogP contribution in [0.5, 0.6) is 0 Å². The van der Waals surface area contributed by atoms with Crippen molar-refractivity contribution in [2.75, 3.05) is 13.1 Å². The Bertz CT molecular complexity index is 756. The molecule has 0 radical (unpaired) electrons. The molecule has 0 spiro atoms. The molecule has 26 heavy (non-hydrogen) atoms. The Morgan fingerprint density at radius 1 is 1.42 bits per heavy atom. The highest BCUT2D eigenvalue weighted by Crippen LogP contribution is 2.36. The summed E-state index contributed by atoms with van der Waals surface area (Å²) in [6.07, 6.45) is 7.30. The van der Waals surface area contributed by atoms with Crippen molar-refractivity contribution in [1.82, 2.24) is 25.0 Å². The number of aryl methyl sites for hydroxylation is 2. The molecule has 3 rings (SSSR count). The molecule has 2 aromatic heterocycles. The number of hydrogen-bond acceptors (Lipinski definition) is 4. The van der Waals surface area contributed by atoms with Crippen LogP contribution in [0.15, 0.2) is 30.7 Å². The number of rotatable bonds is 6. The van der Waals surface area contributed by atoms with E-state index < -0.39 is 0 Å². The normalized spacial score (nSPS) is 21.8. The number of amides is 1. The lowest BCUT2D eigenvalue weighted by atomic mass is 9.85. The van der Waals surface area contributed by atoms with E-state index in [4.69, 9.17) is 0 Å². The number of pyridine rings is 1. The van der Waals surface area contributed by atoms with Crippen molar-refractivity contribution in [3.8, 4) is 0 Å². The third-order valence-corrected chi connectivity index (χ3v) is 5.31. The molecule has 1 saturated heterocycles. The molecule has 3 heterocycles. The molecule has 1 fully saturated rings. The molecule has 1 aliphatic heterocycles. The molecule has 0 aromatic carbocycles. The molecule has 1 N–H and O–H groups in total. The lowest BCUT2D eigenvalue weighted by Crippen LogP contribution is -2.45. The number of hydrogen-bond donors (Lipinski definition) is 1. The minimum atomic E-state index is 0.0834. The summed E-state index contributed by atoms with van der Waals surface area (Å²) in [5.41, 5.74) is 3.40. The average molecular weight is 355 g/mol. The first kappa shape index (κ1) is 18.6. The summed E-state index contributed by atoms with van der Waals surface area (Å²) in [4.78, 5) is 18.9. The SMILES string of the molecule is CCN1C(=O)CC[C@H](CNC(C)c2cc(C)ccn2)[C@H]1c1cnn(C)c1. The fraction of sp³-hybridized carbons (Fsp3) is 0.550. The van der Waals surface area contributed by atoms with Gasteiger partial charge in [0.15, 0.2) is 0 Å². The summed E-state index contributed by atoms with van der Waals surface area (Å²) >= 11 is 0. The van der Waals surface area contributed by atoms with Crippen molar-refractivity contribution in [3.63, 3.8) is 0 Å². The Morgan fingerprint density at radius 2 is 2.23 bits per heavy atom. The van der Waals surface area contributed by atoms with Gasteiger partial charge in [-0.2, -0.15) is 5.10 Å². The van der Waals surface area contributed by atoms with Crippen LogP contribution in [-0.2, 0) is 11.8 Å². The molecule has 1 amide bonds. The van der Waals surface area contributed by atoms with Crippen LogP contribution in [0.2, 0.25) is 0 Å². The maximum Gasteiger partial charge on any atom is 0.223 e. The topological polar surface area (TPSA) is 63.1 Å². The molecule has 0 bridgehead atoms. The molecule has 140 valence electrons. The first-order valence-corrected chi connectivity index (χ1v) is 9.43.